The fourth-order valence-electron chi connectivity index (χ4n) is 3.55. The second kappa shape index (κ2) is 9.04. The second-order valence-electron chi connectivity index (χ2n) is 7.63. The molecule has 1 aliphatic heterocycles. The Morgan fingerprint density at radius 3 is 2.68 bits per heavy atom. The van der Waals surface area contributed by atoms with Gasteiger partial charge in [0.1, 0.15) is 11.5 Å². The molecule has 0 bridgehead atoms. The molecule has 1 unspecified atom stereocenters. The number of rotatable bonds is 6. The van der Waals surface area contributed by atoms with Gasteiger partial charge in [-0.15, -0.1) is 0 Å². The van der Waals surface area contributed by atoms with Crippen LogP contribution >= 0.6 is 0 Å². The maximum Gasteiger partial charge on any atom is 0.422 e. The number of aryl methyl sites for hydroxylation is 1. The summed E-state index contributed by atoms with van der Waals surface area (Å²) in [5.41, 5.74) is 2.08. The molecule has 9 nitrogen and oxygen atoms in total. The minimum Gasteiger partial charge on any atom is -0.468 e. The third kappa shape index (κ3) is 4.80. The standard InChI is InChI=1S/C22H19F3N6O3/c1-12-7-14(8-29-20(12)34-11-22(23,24)25)13(2)31-10-16-15(21(31)33)3-4-28-18(16)30-19(32)17-9-26-5-6-27-17/h3-9,13H,10-11H2,1-2H3,(H,28,30,32). The van der Waals surface area contributed by atoms with Gasteiger partial charge < -0.3 is 15.0 Å². The summed E-state index contributed by atoms with van der Waals surface area (Å²) in [5.74, 6) is -0.666. The van der Waals surface area contributed by atoms with Gasteiger partial charge in [0, 0.05) is 41.5 Å². The van der Waals surface area contributed by atoms with Gasteiger partial charge in [0.25, 0.3) is 11.8 Å². The van der Waals surface area contributed by atoms with Gasteiger partial charge in [0.2, 0.25) is 5.88 Å². The molecule has 0 saturated heterocycles. The molecular weight excluding hydrogens is 453 g/mol. The van der Waals surface area contributed by atoms with E-state index in [0.717, 1.165) is 0 Å². The molecule has 0 spiro atoms. The maximum absolute atomic E-state index is 13.1. The first-order valence-corrected chi connectivity index (χ1v) is 10.2. The van der Waals surface area contributed by atoms with Crippen molar-refractivity contribution in [1.82, 2.24) is 24.8 Å². The largest absolute Gasteiger partial charge is 0.468 e. The number of nitrogens with zero attached hydrogens (tertiary/aromatic N) is 5. The van der Waals surface area contributed by atoms with Gasteiger partial charge in [0.05, 0.1) is 18.8 Å². The molecular formula is C22H19F3N6O3. The summed E-state index contributed by atoms with van der Waals surface area (Å²) < 4.78 is 42.0. The molecule has 2 amide bonds. The van der Waals surface area contributed by atoms with Crippen molar-refractivity contribution in [2.75, 3.05) is 11.9 Å². The molecule has 1 N–H and O–H groups in total. The molecule has 0 aromatic carbocycles. The molecule has 0 aliphatic carbocycles. The van der Waals surface area contributed by atoms with Crippen LogP contribution in [0.2, 0.25) is 0 Å². The number of hydrogen-bond acceptors (Lipinski definition) is 7. The highest BCUT2D eigenvalue weighted by molar-refractivity contribution is 6.05. The molecule has 0 radical (unpaired) electrons. The first-order valence-electron chi connectivity index (χ1n) is 10.2. The summed E-state index contributed by atoms with van der Waals surface area (Å²) in [7, 11) is 0. The summed E-state index contributed by atoms with van der Waals surface area (Å²) in [4.78, 5) is 43.1. The number of halogens is 3. The van der Waals surface area contributed by atoms with E-state index in [1.165, 1.54) is 31.0 Å². The number of nitrogens with one attached hydrogen (secondary N) is 1. The normalized spacial score (nSPS) is 14.0. The lowest BCUT2D eigenvalue weighted by atomic mass is 10.1. The number of carbonyl (C=O) groups excluding carboxylic acids is 2. The topological polar surface area (TPSA) is 110 Å². The van der Waals surface area contributed by atoms with Crippen molar-refractivity contribution in [2.24, 2.45) is 0 Å². The van der Waals surface area contributed by atoms with Gasteiger partial charge in [0.15, 0.2) is 6.61 Å². The van der Waals surface area contributed by atoms with Gasteiger partial charge in [-0.25, -0.2) is 15.0 Å². The number of ether oxygens (including phenoxy) is 1. The van der Waals surface area contributed by atoms with E-state index in [9.17, 15) is 22.8 Å². The summed E-state index contributed by atoms with van der Waals surface area (Å²) in [6.45, 7) is 2.09. The average molecular weight is 472 g/mol. The summed E-state index contributed by atoms with van der Waals surface area (Å²) in [6.07, 6.45) is 2.49. The third-order valence-corrected chi connectivity index (χ3v) is 5.28. The van der Waals surface area contributed by atoms with Gasteiger partial charge in [-0.2, -0.15) is 13.2 Å². The molecule has 4 heterocycles. The van der Waals surface area contributed by atoms with Crippen LogP contribution in [0.5, 0.6) is 5.88 Å². The molecule has 12 heteroatoms. The van der Waals surface area contributed by atoms with Crippen LogP contribution in [0.1, 0.15) is 50.5 Å². The predicted molar refractivity (Wildman–Crippen MR) is 113 cm³/mol. The van der Waals surface area contributed by atoms with Crippen molar-refractivity contribution in [1.29, 1.82) is 0 Å². The number of amides is 2. The van der Waals surface area contributed by atoms with Crippen LogP contribution in [-0.2, 0) is 6.54 Å². The Kier molecular flexibility index (Phi) is 6.14. The molecule has 3 aromatic rings. The quantitative estimate of drug-likeness (QED) is 0.585. The van der Waals surface area contributed by atoms with E-state index in [-0.39, 0.29) is 29.8 Å². The van der Waals surface area contributed by atoms with Crippen LogP contribution in [0, 0.1) is 6.92 Å². The van der Waals surface area contributed by atoms with E-state index < -0.39 is 24.7 Å². The zero-order chi connectivity index (χ0) is 24.5. The van der Waals surface area contributed by atoms with E-state index in [2.05, 4.69) is 25.3 Å². The predicted octanol–water partition coefficient (Wildman–Crippen LogP) is 3.49. The van der Waals surface area contributed by atoms with Crippen molar-refractivity contribution in [2.45, 2.75) is 32.6 Å². The lowest BCUT2D eigenvalue weighted by Gasteiger charge is -2.25. The van der Waals surface area contributed by atoms with Crippen LogP contribution in [0.15, 0.2) is 43.1 Å². The number of hydrogen-bond donors (Lipinski definition) is 1. The lowest BCUT2D eigenvalue weighted by Crippen LogP contribution is -2.27. The van der Waals surface area contributed by atoms with Gasteiger partial charge in [-0.3, -0.25) is 14.6 Å². The molecule has 0 saturated carbocycles. The number of pyridine rings is 2. The van der Waals surface area contributed by atoms with Crippen molar-refractivity contribution in [3.8, 4) is 5.88 Å². The number of aromatic nitrogens is 4. The Hall–Kier alpha value is -4.09. The number of carbonyl (C=O) groups is 2. The van der Waals surface area contributed by atoms with Gasteiger partial charge in [-0.1, -0.05) is 0 Å². The highest BCUT2D eigenvalue weighted by atomic mass is 19.4. The highest BCUT2D eigenvalue weighted by Crippen LogP contribution is 2.34. The van der Waals surface area contributed by atoms with Crippen LogP contribution in [0.25, 0.3) is 0 Å². The molecule has 0 fully saturated rings. The molecule has 176 valence electrons. The van der Waals surface area contributed by atoms with Crippen LogP contribution < -0.4 is 10.1 Å². The fourth-order valence-corrected chi connectivity index (χ4v) is 3.55. The Bertz CT molecular complexity index is 1240. The fraction of sp³-hybridized carbons (Fsp3) is 0.273. The van der Waals surface area contributed by atoms with Crippen molar-refractivity contribution >= 4 is 17.6 Å². The lowest BCUT2D eigenvalue weighted by molar-refractivity contribution is -0.154. The minimum atomic E-state index is -4.47. The van der Waals surface area contributed by atoms with Crippen LogP contribution in [0.3, 0.4) is 0 Å². The van der Waals surface area contributed by atoms with E-state index in [0.29, 0.717) is 22.3 Å². The first kappa shape index (κ1) is 23.1. The number of fused-ring (bicyclic) bond motifs is 1. The molecule has 34 heavy (non-hydrogen) atoms. The number of alkyl halides is 3. The molecule has 1 aliphatic rings. The molecule has 4 rings (SSSR count). The molecule has 1 atom stereocenters. The SMILES string of the molecule is Cc1cc(C(C)N2Cc3c(ccnc3NC(=O)c3cnccn3)C2=O)cnc1OCC(F)(F)F. The second-order valence-corrected chi connectivity index (χ2v) is 7.63. The smallest absolute Gasteiger partial charge is 0.422 e. The van der Waals surface area contributed by atoms with Crippen molar-refractivity contribution < 1.29 is 27.5 Å². The van der Waals surface area contributed by atoms with Gasteiger partial charge >= 0.3 is 6.18 Å². The van der Waals surface area contributed by atoms with Crippen molar-refractivity contribution in [3.63, 3.8) is 0 Å². The third-order valence-electron chi connectivity index (χ3n) is 5.28. The molecule has 3 aromatic heterocycles. The van der Waals surface area contributed by atoms with Crippen molar-refractivity contribution in [3.05, 3.63) is 71.1 Å². The Morgan fingerprint density at radius 2 is 2.00 bits per heavy atom. The van der Waals surface area contributed by atoms with E-state index >= 15 is 0 Å². The van der Waals surface area contributed by atoms with E-state index in [4.69, 9.17) is 4.74 Å². The van der Waals surface area contributed by atoms with Crippen LogP contribution in [0.4, 0.5) is 19.0 Å². The number of anilines is 1. The van der Waals surface area contributed by atoms with Gasteiger partial charge in [-0.05, 0) is 31.5 Å². The summed E-state index contributed by atoms with van der Waals surface area (Å²) in [5, 5.41) is 2.67. The van der Waals surface area contributed by atoms with E-state index in [1.54, 1.807) is 30.9 Å². The Morgan fingerprint density at radius 1 is 1.21 bits per heavy atom. The monoisotopic (exact) mass is 472 g/mol. The summed E-state index contributed by atoms with van der Waals surface area (Å²) in [6, 6.07) is 2.75. The Balaban J connectivity index is 1.52. The maximum atomic E-state index is 13.1. The Labute approximate surface area is 192 Å². The average Bonchev–Trinajstić information content (AvgIpc) is 3.15. The summed E-state index contributed by atoms with van der Waals surface area (Å²) >= 11 is 0. The zero-order valence-corrected chi connectivity index (χ0v) is 18.1. The highest BCUT2D eigenvalue weighted by Gasteiger charge is 2.34. The zero-order valence-electron chi connectivity index (χ0n) is 18.1. The van der Waals surface area contributed by atoms with E-state index in [1.807, 2.05) is 0 Å². The van der Waals surface area contributed by atoms with Crippen LogP contribution in [-0.4, -0.2) is 49.4 Å². The minimum absolute atomic E-state index is 0.103. The first-order chi connectivity index (χ1) is 16.1.